The zero-order valence-electron chi connectivity index (χ0n) is 17.1. The number of amides is 1. The van der Waals surface area contributed by atoms with E-state index in [0.29, 0.717) is 18.9 Å². The Hall–Kier alpha value is -1.51. The molecule has 2 aliphatic heterocycles. The van der Waals surface area contributed by atoms with E-state index in [2.05, 4.69) is 47.3 Å². The van der Waals surface area contributed by atoms with Crippen LogP contribution in [0.5, 0.6) is 0 Å². The van der Waals surface area contributed by atoms with Crippen molar-refractivity contribution >= 4 is 41.5 Å². The van der Waals surface area contributed by atoms with Gasteiger partial charge in [0.2, 0.25) is 5.91 Å². The molecule has 3 N–H and O–H groups in total. The fourth-order valence-electron chi connectivity index (χ4n) is 4.24. The minimum absolute atomic E-state index is 0. The molecule has 0 aliphatic carbocycles. The molecule has 1 saturated heterocycles. The van der Waals surface area contributed by atoms with Crippen LogP contribution >= 0.6 is 24.0 Å². The molecule has 3 rings (SSSR count). The molecule has 0 spiro atoms. The van der Waals surface area contributed by atoms with Gasteiger partial charge in [-0.1, -0.05) is 12.1 Å². The number of carbonyl (C=O) groups excluding carboxylic acids is 1. The molecule has 0 saturated carbocycles. The van der Waals surface area contributed by atoms with Crippen LogP contribution in [0.15, 0.2) is 23.2 Å². The van der Waals surface area contributed by atoms with Crippen molar-refractivity contribution in [2.75, 3.05) is 38.1 Å². The number of piperidine rings is 1. The number of anilines is 1. The van der Waals surface area contributed by atoms with E-state index in [9.17, 15) is 4.79 Å². The van der Waals surface area contributed by atoms with E-state index in [1.54, 1.807) is 0 Å². The van der Waals surface area contributed by atoms with Crippen molar-refractivity contribution in [2.24, 2.45) is 16.6 Å². The van der Waals surface area contributed by atoms with E-state index in [0.717, 1.165) is 51.4 Å². The predicted octanol–water partition coefficient (Wildman–Crippen LogP) is 2.74. The number of fused-ring (bicyclic) bond motifs is 1. The van der Waals surface area contributed by atoms with Crippen molar-refractivity contribution in [3.63, 3.8) is 0 Å². The topological polar surface area (TPSA) is 74.0 Å². The molecule has 1 aromatic carbocycles. The monoisotopic (exact) mass is 499 g/mol. The van der Waals surface area contributed by atoms with Crippen LogP contribution in [-0.4, -0.2) is 50.0 Å². The molecular weight excluding hydrogens is 465 g/mol. The molecule has 1 unspecified atom stereocenters. The predicted molar refractivity (Wildman–Crippen MR) is 126 cm³/mol. The summed E-state index contributed by atoms with van der Waals surface area (Å²) in [6, 6.07) is 6.74. The fraction of sp³-hybridized carbons (Fsp3) is 0.619. The average molecular weight is 499 g/mol. The lowest BCUT2D eigenvalue weighted by Crippen LogP contribution is -2.47. The largest absolute Gasteiger partial charge is 0.374 e. The lowest BCUT2D eigenvalue weighted by molar-refractivity contribution is -0.119. The molecular formula is C21H34IN5O. The number of hydrogen-bond donors (Lipinski definition) is 2. The van der Waals surface area contributed by atoms with Crippen LogP contribution in [0.2, 0.25) is 0 Å². The van der Waals surface area contributed by atoms with Gasteiger partial charge in [0.25, 0.3) is 0 Å². The minimum Gasteiger partial charge on any atom is -0.374 e. The third kappa shape index (κ3) is 5.99. The summed E-state index contributed by atoms with van der Waals surface area (Å²) in [4.78, 5) is 20.8. The van der Waals surface area contributed by atoms with E-state index in [-0.39, 0.29) is 29.9 Å². The Morgan fingerprint density at radius 3 is 2.89 bits per heavy atom. The van der Waals surface area contributed by atoms with E-state index in [1.807, 2.05) is 0 Å². The van der Waals surface area contributed by atoms with Crippen LogP contribution in [0.4, 0.5) is 5.69 Å². The van der Waals surface area contributed by atoms with Crippen molar-refractivity contribution in [1.82, 2.24) is 10.2 Å². The zero-order valence-corrected chi connectivity index (χ0v) is 19.4. The SMILES string of the molecule is CCNC(=NCc1ccc2c(c1)CCCN2C)N1CCCC(CC(N)=O)C1.I. The molecule has 28 heavy (non-hydrogen) atoms. The number of aliphatic imine (C=N–C) groups is 1. The number of hydrogen-bond acceptors (Lipinski definition) is 3. The first-order valence-corrected chi connectivity index (χ1v) is 10.2. The van der Waals surface area contributed by atoms with Crippen molar-refractivity contribution < 1.29 is 4.79 Å². The van der Waals surface area contributed by atoms with Gasteiger partial charge in [0.15, 0.2) is 5.96 Å². The summed E-state index contributed by atoms with van der Waals surface area (Å²) in [7, 11) is 2.16. The number of nitrogens with two attached hydrogens (primary N) is 1. The highest BCUT2D eigenvalue weighted by molar-refractivity contribution is 14.0. The first-order chi connectivity index (χ1) is 13.1. The summed E-state index contributed by atoms with van der Waals surface area (Å²) < 4.78 is 0. The summed E-state index contributed by atoms with van der Waals surface area (Å²) in [6.07, 6.45) is 4.98. The third-order valence-corrected chi connectivity index (χ3v) is 5.55. The quantitative estimate of drug-likeness (QED) is 0.371. The van der Waals surface area contributed by atoms with Gasteiger partial charge in [-0.15, -0.1) is 24.0 Å². The number of likely N-dealkylation sites (tertiary alicyclic amines) is 1. The van der Waals surface area contributed by atoms with Crippen LogP contribution in [0.1, 0.15) is 43.7 Å². The maximum absolute atomic E-state index is 11.3. The van der Waals surface area contributed by atoms with Crippen LogP contribution in [0.25, 0.3) is 0 Å². The average Bonchev–Trinajstić information content (AvgIpc) is 2.65. The van der Waals surface area contributed by atoms with Gasteiger partial charge in [0.05, 0.1) is 6.54 Å². The number of guanidine groups is 1. The van der Waals surface area contributed by atoms with Gasteiger partial charge >= 0.3 is 0 Å². The molecule has 6 nitrogen and oxygen atoms in total. The summed E-state index contributed by atoms with van der Waals surface area (Å²) in [5.74, 6) is 1.07. The Balaban J connectivity index is 0.00000280. The Morgan fingerprint density at radius 2 is 2.14 bits per heavy atom. The van der Waals surface area contributed by atoms with E-state index in [4.69, 9.17) is 10.7 Å². The van der Waals surface area contributed by atoms with Gasteiger partial charge in [-0.3, -0.25) is 4.79 Å². The maximum atomic E-state index is 11.3. The molecule has 156 valence electrons. The summed E-state index contributed by atoms with van der Waals surface area (Å²) in [5, 5.41) is 3.42. The number of benzene rings is 1. The highest BCUT2D eigenvalue weighted by atomic mass is 127. The summed E-state index contributed by atoms with van der Waals surface area (Å²) in [6.45, 7) is 6.58. The molecule has 1 aromatic rings. The normalized spacial score (nSPS) is 19.6. The summed E-state index contributed by atoms with van der Waals surface area (Å²) in [5.41, 5.74) is 9.44. The number of carbonyl (C=O) groups is 1. The van der Waals surface area contributed by atoms with Gasteiger partial charge in [-0.2, -0.15) is 0 Å². The summed E-state index contributed by atoms with van der Waals surface area (Å²) >= 11 is 0. The lowest BCUT2D eigenvalue weighted by atomic mass is 9.95. The van der Waals surface area contributed by atoms with Crippen molar-refractivity contribution in [3.05, 3.63) is 29.3 Å². The van der Waals surface area contributed by atoms with Crippen molar-refractivity contribution in [3.8, 4) is 0 Å². The number of nitrogens with zero attached hydrogens (tertiary/aromatic N) is 3. The van der Waals surface area contributed by atoms with Gasteiger partial charge in [0, 0.05) is 45.3 Å². The maximum Gasteiger partial charge on any atom is 0.217 e. The van der Waals surface area contributed by atoms with Crippen LogP contribution in [0, 0.1) is 5.92 Å². The Morgan fingerprint density at radius 1 is 1.32 bits per heavy atom. The molecule has 0 radical (unpaired) electrons. The second-order valence-corrected chi connectivity index (χ2v) is 7.78. The lowest BCUT2D eigenvalue weighted by Gasteiger charge is -2.34. The molecule has 0 bridgehead atoms. The van der Waals surface area contributed by atoms with Gasteiger partial charge in [0.1, 0.15) is 0 Å². The number of aryl methyl sites for hydroxylation is 1. The highest BCUT2D eigenvalue weighted by Crippen LogP contribution is 2.27. The zero-order chi connectivity index (χ0) is 19.2. The molecule has 0 aromatic heterocycles. The number of primary amides is 1. The minimum atomic E-state index is -0.206. The first-order valence-electron chi connectivity index (χ1n) is 10.2. The fourth-order valence-corrected chi connectivity index (χ4v) is 4.24. The van der Waals surface area contributed by atoms with E-state index in [1.165, 1.54) is 23.2 Å². The molecule has 2 aliphatic rings. The van der Waals surface area contributed by atoms with Gasteiger partial charge in [-0.25, -0.2) is 4.99 Å². The highest BCUT2D eigenvalue weighted by Gasteiger charge is 2.23. The standard InChI is InChI=1S/C21H33N5O.HI/c1-3-23-21(26-11-4-6-17(15-26)13-20(22)27)24-14-16-8-9-19-18(12-16)7-5-10-25(19)2;/h8-9,12,17H,3-7,10-11,13-15H2,1-2H3,(H2,22,27)(H,23,24);1H. The molecule has 1 fully saturated rings. The number of halogens is 1. The number of nitrogens with one attached hydrogen (secondary N) is 1. The Bertz CT molecular complexity index is 693. The molecule has 1 atom stereocenters. The third-order valence-electron chi connectivity index (χ3n) is 5.55. The molecule has 2 heterocycles. The molecule has 1 amide bonds. The Labute approximate surface area is 186 Å². The second-order valence-electron chi connectivity index (χ2n) is 7.78. The molecule has 7 heteroatoms. The Kier molecular flexibility index (Phi) is 8.85. The van der Waals surface area contributed by atoms with E-state index < -0.39 is 0 Å². The van der Waals surface area contributed by atoms with Gasteiger partial charge < -0.3 is 20.9 Å². The van der Waals surface area contributed by atoms with Crippen LogP contribution in [-0.2, 0) is 17.8 Å². The van der Waals surface area contributed by atoms with Crippen molar-refractivity contribution in [2.45, 2.75) is 45.6 Å². The second kappa shape index (κ2) is 10.9. The van der Waals surface area contributed by atoms with Gasteiger partial charge in [-0.05, 0) is 55.7 Å². The van der Waals surface area contributed by atoms with Crippen molar-refractivity contribution in [1.29, 1.82) is 0 Å². The first kappa shape index (κ1) is 22.8. The van der Waals surface area contributed by atoms with Crippen LogP contribution in [0.3, 0.4) is 0 Å². The van der Waals surface area contributed by atoms with E-state index >= 15 is 0 Å². The van der Waals surface area contributed by atoms with Crippen LogP contribution < -0.4 is 16.0 Å². The number of rotatable bonds is 5. The smallest absolute Gasteiger partial charge is 0.217 e.